The van der Waals surface area contributed by atoms with E-state index in [9.17, 15) is 13.2 Å². The number of carboxylic acid groups (broad SMARTS) is 1. The second kappa shape index (κ2) is 6.74. The first-order valence-corrected chi connectivity index (χ1v) is 9.73. The lowest BCUT2D eigenvalue weighted by atomic mass is 10.2. The number of fused-ring (bicyclic) bond motifs is 1. The van der Waals surface area contributed by atoms with Crippen molar-refractivity contribution < 1.29 is 18.3 Å². The summed E-state index contributed by atoms with van der Waals surface area (Å²) in [4.78, 5) is 15.3. The van der Waals surface area contributed by atoms with Crippen molar-refractivity contribution in [3.63, 3.8) is 0 Å². The molecule has 0 spiro atoms. The first-order valence-electron chi connectivity index (χ1n) is 7.91. The smallest absolute Gasteiger partial charge is 0.303 e. The number of rotatable bonds is 5. The number of hydrogen-bond donors (Lipinski definition) is 1. The summed E-state index contributed by atoms with van der Waals surface area (Å²) in [7, 11) is -3.92. The molecular weight excluding hydrogens is 376 g/mol. The number of halogens is 1. The Bertz CT molecular complexity index is 1100. The highest BCUT2D eigenvalue weighted by molar-refractivity contribution is 7.90. The fourth-order valence-electron chi connectivity index (χ4n) is 2.97. The van der Waals surface area contributed by atoms with Gasteiger partial charge in [0.1, 0.15) is 5.15 Å². The Kier molecular flexibility index (Phi) is 4.77. The van der Waals surface area contributed by atoms with Gasteiger partial charge in [-0.15, -0.1) is 0 Å². The normalized spacial score (nSPS) is 11.8. The molecule has 26 heavy (non-hydrogen) atoms. The van der Waals surface area contributed by atoms with Crippen molar-refractivity contribution in [1.82, 2.24) is 8.96 Å². The van der Waals surface area contributed by atoms with Crippen molar-refractivity contribution in [1.29, 1.82) is 0 Å². The van der Waals surface area contributed by atoms with Crippen LogP contribution >= 0.6 is 11.6 Å². The first-order chi connectivity index (χ1) is 12.2. The van der Waals surface area contributed by atoms with Gasteiger partial charge in [0.05, 0.1) is 22.3 Å². The Morgan fingerprint density at radius 1 is 1.15 bits per heavy atom. The van der Waals surface area contributed by atoms with Crippen LogP contribution in [-0.4, -0.2) is 28.5 Å². The van der Waals surface area contributed by atoms with E-state index in [0.29, 0.717) is 16.7 Å². The van der Waals surface area contributed by atoms with Gasteiger partial charge in [0.25, 0.3) is 10.0 Å². The third kappa shape index (κ3) is 3.45. The quantitative estimate of drug-likeness (QED) is 0.670. The van der Waals surface area contributed by atoms with Crippen LogP contribution in [0.3, 0.4) is 0 Å². The van der Waals surface area contributed by atoms with E-state index in [0.717, 1.165) is 11.1 Å². The molecule has 0 amide bonds. The predicted octanol–water partition coefficient (Wildman–Crippen LogP) is 3.56. The number of benzene rings is 1. The van der Waals surface area contributed by atoms with Crippen LogP contribution in [-0.2, 0) is 21.2 Å². The maximum atomic E-state index is 13.3. The maximum Gasteiger partial charge on any atom is 0.303 e. The lowest BCUT2D eigenvalue weighted by Gasteiger charge is -2.13. The summed E-state index contributed by atoms with van der Waals surface area (Å²) in [6, 6.07) is 9.74. The van der Waals surface area contributed by atoms with E-state index >= 15 is 0 Å². The molecule has 8 heteroatoms. The topological polar surface area (TPSA) is 89.3 Å². The third-order valence-corrected chi connectivity index (χ3v) is 5.93. The molecular formula is C18H17ClN2O4S. The molecule has 0 fully saturated rings. The molecule has 3 aromatic rings. The van der Waals surface area contributed by atoms with Crippen LogP contribution < -0.4 is 0 Å². The van der Waals surface area contributed by atoms with Crippen molar-refractivity contribution >= 4 is 38.6 Å². The summed E-state index contributed by atoms with van der Waals surface area (Å²) in [5.41, 5.74) is 2.79. The molecule has 0 atom stereocenters. The average molecular weight is 393 g/mol. The van der Waals surface area contributed by atoms with Crippen LogP contribution in [0.25, 0.3) is 11.0 Å². The van der Waals surface area contributed by atoms with E-state index in [4.69, 9.17) is 16.7 Å². The van der Waals surface area contributed by atoms with Crippen molar-refractivity contribution in [3.8, 4) is 0 Å². The van der Waals surface area contributed by atoms with Gasteiger partial charge in [-0.3, -0.25) is 4.79 Å². The number of aliphatic carboxylic acids is 1. The van der Waals surface area contributed by atoms with Gasteiger partial charge >= 0.3 is 5.97 Å². The Labute approximate surface area is 156 Å². The Morgan fingerprint density at radius 3 is 2.42 bits per heavy atom. The molecule has 2 heterocycles. The second-order valence-electron chi connectivity index (χ2n) is 6.16. The van der Waals surface area contributed by atoms with Crippen LogP contribution in [0, 0.1) is 13.8 Å². The number of hydrogen-bond acceptors (Lipinski definition) is 4. The van der Waals surface area contributed by atoms with E-state index in [1.807, 2.05) is 19.9 Å². The molecule has 1 N–H and O–H groups in total. The summed E-state index contributed by atoms with van der Waals surface area (Å²) in [6.07, 6.45) is -0.125. The standard InChI is InChI=1S/C18H17ClN2O4S/c1-11-7-12(2)9-14(8-11)26(24,25)21-13(3-6-18(22)23)10-15-16(21)4-5-17(19)20-15/h4-5,7-10H,3,6H2,1-2H3,(H,22,23). The van der Waals surface area contributed by atoms with E-state index in [1.54, 1.807) is 24.3 Å². The van der Waals surface area contributed by atoms with Crippen LogP contribution in [0.1, 0.15) is 23.2 Å². The zero-order valence-electron chi connectivity index (χ0n) is 14.2. The largest absolute Gasteiger partial charge is 0.481 e. The predicted molar refractivity (Wildman–Crippen MR) is 99.2 cm³/mol. The molecule has 3 rings (SSSR count). The van der Waals surface area contributed by atoms with Crippen molar-refractivity contribution in [2.24, 2.45) is 0 Å². The molecule has 0 aliphatic carbocycles. The Balaban J connectivity index is 2.26. The van der Waals surface area contributed by atoms with Crippen LogP contribution in [0.15, 0.2) is 41.3 Å². The number of pyridine rings is 1. The van der Waals surface area contributed by atoms with Gasteiger partial charge in [-0.1, -0.05) is 17.7 Å². The van der Waals surface area contributed by atoms with Crippen LogP contribution in [0.2, 0.25) is 5.15 Å². The second-order valence-corrected chi connectivity index (χ2v) is 8.33. The molecule has 136 valence electrons. The molecule has 0 radical (unpaired) electrons. The van der Waals surface area contributed by atoms with Gasteiger partial charge in [-0.25, -0.2) is 17.4 Å². The van der Waals surface area contributed by atoms with Gasteiger partial charge in [0.2, 0.25) is 0 Å². The van der Waals surface area contributed by atoms with Gasteiger partial charge in [-0.2, -0.15) is 0 Å². The fourth-order valence-corrected chi connectivity index (χ4v) is 4.87. The Hall–Kier alpha value is -2.38. The molecule has 0 bridgehead atoms. The lowest BCUT2D eigenvalue weighted by Crippen LogP contribution is -2.16. The highest BCUT2D eigenvalue weighted by Gasteiger charge is 2.24. The molecule has 0 saturated carbocycles. The average Bonchev–Trinajstić information content (AvgIpc) is 2.90. The highest BCUT2D eigenvalue weighted by atomic mass is 35.5. The summed E-state index contributed by atoms with van der Waals surface area (Å²) >= 11 is 5.92. The molecule has 1 aromatic carbocycles. The van der Waals surface area contributed by atoms with E-state index in [2.05, 4.69) is 4.98 Å². The minimum atomic E-state index is -3.92. The number of carboxylic acids is 1. The molecule has 0 unspecified atom stereocenters. The van der Waals surface area contributed by atoms with E-state index in [-0.39, 0.29) is 22.9 Å². The molecule has 0 aliphatic heterocycles. The van der Waals surface area contributed by atoms with Crippen LogP contribution in [0.4, 0.5) is 0 Å². The molecule has 0 aliphatic rings. The number of aryl methyl sites for hydroxylation is 3. The zero-order valence-corrected chi connectivity index (χ0v) is 15.8. The molecule has 2 aromatic heterocycles. The number of nitrogens with zero attached hydrogens (tertiary/aromatic N) is 2. The van der Waals surface area contributed by atoms with Crippen molar-refractivity contribution in [2.75, 3.05) is 0 Å². The number of aromatic nitrogens is 2. The van der Waals surface area contributed by atoms with Crippen LogP contribution in [0.5, 0.6) is 0 Å². The molecule has 0 saturated heterocycles. The monoisotopic (exact) mass is 392 g/mol. The van der Waals surface area contributed by atoms with E-state index < -0.39 is 16.0 Å². The summed E-state index contributed by atoms with van der Waals surface area (Å²) < 4.78 is 27.8. The Morgan fingerprint density at radius 2 is 1.81 bits per heavy atom. The van der Waals surface area contributed by atoms with Crippen molar-refractivity contribution in [2.45, 2.75) is 31.6 Å². The van der Waals surface area contributed by atoms with E-state index in [1.165, 1.54) is 10.0 Å². The highest BCUT2D eigenvalue weighted by Crippen LogP contribution is 2.27. The summed E-state index contributed by atoms with van der Waals surface area (Å²) in [5.74, 6) is -1.00. The first kappa shape index (κ1) is 18.4. The fraction of sp³-hybridized carbons (Fsp3) is 0.222. The van der Waals surface area contributed by atoms with Gasteiger partial charge in [-0.05, 0) is 61.7 Å². The van der Waals surface area contributed by atoms with Gasteiger partial charge < -0.3 is 5.11 Å². The number of carbonyl (C=O) groups is 1. The summed E-state index contributed by atoms with van der Waals surface area (Å²) in [6.45, 7) is 3.65. The maximum absolute atomic E-state index is 13.3. The lowest BCUT2D eigenvalue weighted by molar-refractivity contribution is -0.136. The van der Waals surface area contributed by atoms with Gasteiger partial charge in [0.15, 0.2) is 0 Å². The van der Waals surface area contributed by atoms with Crippen molar-refractivity contribution in [3.05, 3.63) is 58.4 Å². The van der Waals surface area contributed by atoms with Gasteiger partial charge in [0, 0.05) is 5.69 Å². The molecule has 6 nitrogen and oxygen atoms in total. The SMILES string of the molecule is Cc1cc(C)cc(S(=O)(=O)n2c(CCC(=O)O)cc3nc(Cl)ccc32)c1. The minimum absolute atomic E-state index is 0.0628. The third-order valence-electron chi connectivity index (χ3n) is 3.98. The summed E-state index contributed by atoms with van der Waals surface area (Å²) in [5, 5.41) is 9.22. The minimum Gasteiger partial charge on any atom is -0.481 e. The zero-order chi connectivity index (χ0) is 19.1.